The summed E-state index contributed by atoms with van der Waals surface area (Å²) in [6.07, 6.45) is 7.37. The van der Waals surface area contributed by atoms with Crippen LogP contribution in [0.2, 0.25) is 5.02 Å². The minimum atomic E-state index is -0.0908. The molecule has 1 aromatic rings. The number of pyridine rings is 1. The molecule has 1 amide bonds. The first-order valence-electron chi connectivity index (χ1n) is 7.86. The smallest absolute Gasteiger partial charge is 0.253 e. The van der Waals surface area contributed by atoms with Gasteiger partial charge in [-0.1, -0.05) is 37.8 Å². The van der Waals surface area contributed by atoms with Crippen LogP contribution in [0.5, 0.6) is 0 Å². The van der Waals surface area contributed by atoms with Crippen LogP contribution in [0.15, 0.2) is 12.3 Å². The molecule has 2 N–H and O–H groups in total. The summed E-state index contributed by atoms with van der Waals surface area (Å²) in [6, 6.07) is 1.99. The molecular formula is C16H24ClN3O. The molecule has 5 heteroatoms. The largest absolute Gasteiger partial charge is 0.370 e. The summed E-state index contributed by atoms with van der Waals surface area (Å²) in [5, 5.41) is 6.67. The van der Waals surface area contributed by atoms with Gasteiger partial charge in [-0.15, -0.1) is 0 Å². The number of anilines is 1. The fourth-order valence-electron chi connectivity index (χ4n) is 3.02. The lowest BCUT2D eigenvalue weighted by molar-refractivity contribution is 0.0905. The lowest BCUT2D eigenvalue weighted by Gasteiger charge is -2.31. The molecule has 2 rings (SSSR count). The number of amides is 1. The van der Waals surface area contributed by atoms with Gasteiger partial charge in [-0.05, 0) is 31.7 Å². The third-order valence-electron chi connectivity index (χ3n) is 4.21. The number of hydrogen-bond acceptors (Lipinski definition) is 3. The Morgan fingerprint density at radius 1 is 1.38 bits per heavy atom. The predicted molar refractivity (Wildman–Crippen MR) is 86.9 cm³/mol. The Bertz CT molecular complexity index is 492. The topological polar surface area (TPSA) is 54.0 Å². The number of carbonyl (C=O) groups excluding carboxylic acids is 1. The number of rotatable bonds is 5. The van der Waals surface area contributed by atoms with Gasteiger partial charge in [0.25, 0.3) is 5.91 Å². The van der Waals surface area contributed by atoms with Gasteiger partial charge < -0.3 is 10.6 Å². The molecule has 1 aliphatic rings. The highest BCUT2D eigenvalue weighted by Crippen LogP contribution is 2.27. The molecule has 1 aromatic heterocycles. The summed E-state index contributed by atoms with van der Waals surface area (Å²) < 4.78 is 0. The van der Waals surface area contributed by atoms with Crippen LogP contribution in [-0.2, 0) is 0 Å². The molecule has 1 fully saturated rings. The van der Waals surface area contributed by atoms with Crippen molar-refractivity contribution in [1.29, 1.82) is 0 Å². The first-order valence-corrected chi connectivity index (χ1v) is 8.23. The number of nitrogens with zero attached hydrogens (tertiary/aromatic N) is 1. The molecule has 0 saturated heterocycles. The van der Waals surface area contributed by atoms with Gasteiger partial charge in [-0.2, -0.15) is 0 Å². The molecule has 1 aliphatic carbocycles. The van der Waals surface area contributed by atoms with Crippen LogP contribution in [0, 0.1) is 5.92 Å². The summed E-state index contributed by atoms with van der Waals surface area (Å²) in [4.78, 5) is 16.7. The van der Waals surface area contributed by atoms with E-state index in [2.05, 4.69) is 22.5 Å². The zero-order valence-electron chi connectivity index (χ0n) is 12.8. The van der Waals surface area contributed by atoms with Crippen LogP contribution >= 0.6 is 11.6 Å². The Morgan fingerprint density at radius 2 is 2.14 bits per heavy atom. The molecule has 116 valence electrons. The Balaban J connectivity index is 2.10. The minimum absolute atomic E-state index is 0.0908. The van der Waals surface area contributed by atoms with Crippen LogP contribution < -0.4 is 10.6 Å². The summed E-state index contributed by atoms with van der Waals surface area (Å²) in [7, 11) is 0. The van der Waals surface area contributed by atoms with Gasteiger partial charge in [0.05, 0.1) is 10.6 Å². The van der Waals surface area contributed by atoms with Gasteiger partial charge in [0.2, 0.25) is 0 Å². The van der Waals surface area contributed by atoms with Crippen molar-refractivity contribution in [3.63, 3.8) is 0 Å². The van der Waals surface area contributed by atoms with Crippen molar-refractivity contribution in [3.8, 4) is 0 Å². The van der Waals surface area contributed by atoms with Gasteiger partial charge in [0, 0.05) is 18.8 Å². The van der Waals surface area contributed by atoms with Crippen LogP contribution in [0.25, 0.3) is 0 Å². The van der Waals surface area contributed by atoms with Gasteiger partial charge in [-0.3, -0.25) is 4.79 Å². The maximum Gasteiger partial charge on any atom is 0.253 e. The Morgan fingerprint density at radius 3 is 2.86 bits per heavy atom. The molecule has 2 unspecified atom stereocenters. The molecule has 1 heterocycles. The van der Waals surface area contributed by atoms with Crippen LogP contribution in [-0.4, -0.2) is 23.5 Å². The number of nitrogens with one attached hydrogen (secondary N) is 2. The van der Waals surface area contributed by atoms with E-state index < -0.39 is 0 Å². The fourth-order valence-corrected chi connectivity index (χ4v) is 3.21. The monoisotopic (exact) mass is 309 g/mol. The molecule has 21 heavy (non-hydrogen) atoms. The Hall–Kier alpha value is -1.29. The molecule has 0 spiro atoms. The van der Waals surface area contributed by atoms with E-state index >= 15 is 0 Å². The quantitative estimate of drug-likeness (QED) is 0.868. The van der Waals surface area contributed by atoms with Crippen molar-refractivity contribution in [1.82, 2.24) is 10.3 Å². The average Bonchev–Trinajstić information content (AvgIpc) is 2.50. The van der Waals surface area contributed by atoms with Crippen LogP contribution in [0.1, 0.15) is 56.3 Å². The number of carbonyl (C=O) groups is 1. The molecule has 1 saturated carbocycles. The standard InChI is InChI=1S/C16H24ClN3O/c1-3-11-7-5-6-8-14(11)20-16(21)12-9-15(18-4-2)19-10-13(12)17/h9-11,14H,3-8H2,1-2H3,(H,18,19)(H,20,21). The summed E-state index contributed by atoms with van der Waals surface area (Å²) >= 11 is 6.13. The van der Waals surface area contributed by atoms with Crippen molar-refractivity contribution in [2.75, 3.05) is 11.9 Å². The van der Waals surface area contributed by atoms with Gasteiger partial charge >= 0.3 is 0 Å². The molecular weight excluding hydrogens is 286 g/mol. The predicted octanol–water partition coefficient (Wildman–Crippen LogP) is 3.87. The third kappa shape index (κ3) is 4.10. The molecule has 2 atom stereocenters. The zero-order chi connectivity index (χ0) is 15.2. The van der Waals surface area contributed by atoms with Crippen LogP contribution in [0.4, 0.5) is 5.82 Å². The van der Waals surface area contributed by atoms with E-state index in [0.717, 1.165) is 19.4 Å². The van der Waals surface area contributed by atoms with Gasteiger partial charge in [0.15, 0.2) is 0 Å². The number of halogens is 1. The van der Waals surface area contributed by atoms with Crippen molar-refractivity contribution in [2.24, 2.45) is 5.92 Å². The first-order chi connectivity index (χ1) is 10.2. The Kier molecular flexibility index (Phi) is 5.85. The third-order valence-corrected chi connectivity index (χ3v) is 4.51. The maximum atomic E-state index is 12.5. The van der Waals surface area contributed by atoms with E-state index in [1.54, 1.807) is 6.07 Å². The summed E-state index contributed by atoms with van der Waals surface area (Å²) in [6.45, 7) is 4.94. The minimum Gasteiger partial charge on any atom is -0.370 e. The second-order valence-corrected chi connectivity index (χ2v) is 6.02. The van der Waals surface area contributed by atoms with Crippen molar-refractivity contribution in [3.05, 3.63) is 22.8 Å². The summed E-state index contributed by atoms with van der Waals surface area (Å²) in [5.74, 6) is 1.17. The van der Waals surface area contributed by atoms with Crippen molar-refractivity contribution in [2.45, 2.75) is 52.0 Å². The first kappa shape index (κ1) is 16.1. The van der Waals surface area contributed by atoms with E-state index in [9.17, 15) is 4.79 Å². The fraction of sp³-hybridized carbons (Fsp3) is 0.625. The normalized spacial score (nSPS) is 21.9. The number of hydrogen-bond donors (Lipinski definition) is 2. The molecule has 4 nitrogen and oxygen atoms in total. The zero-order valence-corrected chi connectivity index (χ0v) is 13.5. The number of aromatic nitrogens is 1. The molecule has 0 bridgehead atoms. The SMILES string of the molecule is CCNc1cc(C(=O)NC2CCCCC2CC)c(Cl)cn1. The van der Waals surface area contributed by atoms with E-state index in [1.165, 1.54) is 25.5 Å². The highest BCUT2D eigenvalue weighted by molar-refractivity contribution is 6.33. The second kappa shape index (κ2) is 7.64. The van der Waals surface area contributed by atoms with Gasteiger partial charge in [0.1, 0.15) is 5.82 Å². The lowest BCUT2D eigenvalue weighted by Crippen LogP contribution is -2.42. The second-order valence-electron chi connectivity index (χ2n) is 5.61. The van der Waals surface area contributed by atoms with Gasteiger partial charge in [-0.25, -0.2) is 4.98 Å². The highest BCUT2D eigenvalue weighted by Gasteiger charge is 2.26. The van der Waals surface area contributed by atoms with E-state index in [-0.39, 0.29) is 11.9 Å². The average molecular weight is 310 g/mol. The lowest BCUT2D eigenvalue weighted by atomic mass is 9.83. The van der Waals surface area contributed by atoms with E-state index in [1.807, 2.05) is 6.92 Å². The maximum absolute atomic E-state index is 12.5. The molecule has 0 aromatic carbocycles. The van der Waals surface area contributed by atoms with Crippen LogP contribution in [0.3, 0.4) is 0 Å². The highest BCUT2D eigenvalue weighted by atomic mass is 35.5. The summed E-state index contributed by atoms with van der Waals surface area (Å²) in [5.41, 5.74) is 0.503. The molecule has 0 radical (unpaired) electrons. The van der Waals surface area contributed by atoms with E-state index in [0.29, 0.717) is 22.3 Å². The molecule has 0 aliphatic heterocycles. The van der Waals surface area contributed by atoms with E-state index in [4.69, 9.17) is 11.6 Å². The van der Waals surface area contributed by atoms with Crippen molar-refractivity contribution >= 4 is 23.3 Å². The Labute approximate surface area is 131 Å². The van der Waals surface area contributed by atoms with Crippen molar-refractivity contribution < 1.29 is 4.79 Å².